The number of benzene rings is 2. The van der Waals surface area contributed by atoms with Crippen LogP contribution in [0.4, 0.5) is 13.2 Å². The van der Waals surface area contributed by atoms with Crippen LogP contribution in [0.25, 0.3) is 0 Å². The Morgan fingerprint density at radius 1 is 1.10 bits per heavy atom. The van der Waals surface area contributed by atoms with E-state index < -0.39 is 11.7 Å². The molecule has 0 saturated heterocycles. The molecule has 1 N–H and O–H groups in total. The van der Waals surface area contributed by atoms with Gasteiger partial charge in [0.15, 0.2) is 0 Å². The van der Waals surface area contributed by atoms with Crippen LogP contribution in [0, 0.1) is 0 Å². The Labute approximate surface area is 171 Å². The van der Waals surface area contributed by atoms with E-state index in [0.29, 0.717) is 11.1 Å². The van der Waals surface area contributed by atoms with E-state index in [-0.39, 0.29) is 29.5 Å². The number of halogens is 3. The third-order valence-electron chi connectivity index (χ3n) is 3.94. The highest BCUT2D eigenvalue weighted by molar-refractivity contribution is 7.97. The van der Waals surface area contributed by atoms with E-state index in [4.69, 9.17) is 4.84 Å². The molecule has 29 heavy (non-hydrogen) atoms. The lowest BCUT2D eigenvalue weighted by molar-refractivity contribution is -0.137. The van der Waals surface area contributed by atoms with E-state index in [0.717, 1.165) is 18.0 Å². The van der Waals surface area contributed by atoms with Gasteiger partial charge in [-0.05, 0) is 24.9 Å². The summed E-state index contributed by atoms with van der Waals surface area (Å²) in [6.07, 6.45) is -2.76. The summed E-state index contributed by atoms with van der Waals surface area (Å²) in [5.74, 6) is -0.356. The molecular weight excluding hydrogens is 403 g/mol. The van der Waals surface area contributed by atoms with Crippen LogP contribution in [0.1, 0.15) is 29.2 Å². The third-order valence-corrected chi connectivity index (χ3v) is 4.31. The second-order valence-corrected chi connectivity index (χ2v) is 6.40. The number of carbonyl (C=O) groups excluding carboxylic acids is 1. The predicted molar refractivity (Wildman–Crippen MR) is 109 cm³/mol. The molecule has 2 aromatic carbocycles. The van der Waals surface area contributed by atoms with Crippen molar-refractivity contribution in [3.8, 4) is 0 Å². The highest BCUT2D eigenvalue weighted by atomic mass is 32.2. The largest absolute Gasteiger partial charge is 0.417 e. The Kier molecular flexibility index (Phi) is 7.83. The maximum absolute atomic E-state index is 13.2. The Morgan fingerprint density at radius 3 is 2.34 bits per heavy atom. The first-order chi connectivity index (χ1) is 13.8. The fourth-order valence-electron chi connectivity index (χ4n) is 2.59. The van der Waals surface area contributed by atoms with Gasteiger partial charge in [-0.3, -0.25) is 4.79 Å². The molecule has 0 aliphatic rings. The molecule has 0 spiro atoms. The molecule has 9 heteroatoms. The van der Waals surface area contributed by atoms with Gasteiger partial charge in [0.2, 0.25) is 0 Å². The number of alkyl halides is 3. The van der Waals surface area contributed by atoms with Gasteiger partial charge in [0.25, 0.3) is 5.91 Å². The second kappa shape index (κ2) is 10.1. The molecule has 0 heterocycles. The van der Waals surface area contributed by atoms with Crippen molar-refractivity contribution < 1.29 is 22.8 Å². The van der Waals surface area contributed by atoms with Crippen LogP contribution in [0.15, 0.2) is 58.1 Å². The maximum Gasteiger partial charge on any atom is 0.417 e. The lowest BCUT2D eigenvalue weighted by atomic mass is 10.0. The number of nitrogens with zero attached hydrogens (tertiary/aromatic N) is 2. The number of oxime groups is 1. The monoisotopic (exact) mass is 423 g/mol. The highest BCUT2D eigenvalue weighted by Gasteiger charge is 2.33. The maximum atomic E-state index is 13.2. The van der Waals surface area contributed by atoms with Crippen LogP contribution in [0.5, 0.6) is 0 Å². The zero-order chi connectivity index (χ0) is 21.4. The van der Waals surface area contributed by atoms with Gasteiger partial charge < -0.3 is 10.2 Å². The van der Waals surface area contributed by atoms with Crippen molar-refractivity contribution in [2.75, 3.05) is 13.3 Å². The van der Waals surface area contributed by atoms with E-state index in [1.165, 1.54) is 32.2 Å². The first kappa shape index (κ1) is 22.5. The van der Waals surface area contributed by atoms with E-state index in [1.54, 1.807) is 30.5 Å². The minimum absolute atomic E-state index is 0.0356. The average molecular weight is 423 g/mol. The lowest BCUT2D eigenvalue weighted by Gasteiger charge is -2.13. The van der Waals surface area contributed by atoms with Crippen molar-refractivity contribution in [3.05, 3.63) is 70.8 Å². The fourth-order valence-corrected chi connectivity index (χ4v) is 2.96. The van der Waals surface area contributed by atoms with Crippen molar-refractivity contribution in [2.45, 2.75) is 19.7 Å². The van der Waals surface area contributed by atoms with Gasteiger partial charge in [-0.1, -0.05) is 47.6 Å². The molecule has 0 unspecified atom stereocenters. The molecule has 0 saturated carbocycles. The van der Waals surface area contributed by atoms with Gasteiger partial charge in [-0.2, -0.15) is 13.2 Å². The van der Waals surface area contributed by atoms with Gasteiger partial charge in [0.05, 0.1) is 11.3 Å². The summed E-state index contributed by atoms with van der Waals surface area (Å²) >= 11 is 1.14. The number of carbonyl (C=O) groups is 1. The zero-order valence-electron chi connectivity index (χ0n) is 16.1. The normalized spacial score (nSPS) is 12.6. The summed E-state index contributed by atoms with van der Waals surface area (Å²) in [4.78, 5) is 17.4. The quantitative estimate of drug-likeness (QED) is 0.406. The summed E-state index contributed by atoms with van der Waals surface area (Å²) in [6.45, 7) is 1.41. The summed E-state index contributed by atoms with van der Waals surface area (Å²) in [7, 11) is 1.50. The number of hydrogen-bond acceptors (Lipinski definition) is 5. The van der Waals surface area contributed by atoms with Gasteiger partial charge in [0.1, 0.15) is 12.3 Å². The molecule has 0 radical (unpaired) electrons. The molecule has 0 atom stereocenters. The Bertz CT molecular complexity index is 927. The van der Waals surface area contributed by atoms with Crippen molar-refractivity contribution in [1.82, 2.24) is 5.32 Å². The molecular formula is C20H20F3N3O2S. The summed E-state index contributed by atoms with van der Waals surface area (Å²) < 4.78 is 43.7. The smallest absolute Gasteiger partial charge is 0.391 e. The average Bonchev–Trinajstić information content (AvgIpc) is 2.71. The Morgan fingerprint density at radius 2 is 1.72 bits per heavy atom. The topological polar surface area (TPSA) is 63.0 Å². The van der Waals surface area contributed by atoms with Crippen molar-refractivity contribution >= 4 is 29.3 Å². The minimum atomic E-state index is -4.49. The lowest BCUT2D eigenvalue weighted by Crippen LogP contribution is -2.29. The second-order valence-electron chi connectivity index (χ2n) is 5.85. The van der Waals surface area contributed by atoms with Crippen molar-refractivity contribution in [1.29, 1.82) is 0 Å². The molecule has 0 fully saturated rings. The number of likely N-dealkylation sites (N-methyl/N-ethyl adjacent to an activating group) is 1. The molecule has 1 amide bonds. The number of hydrogen-bond donors (Lipinski definition) is 1. The third kappa shape index (κ3) is 5.83. The van der Waals surface area contributed by atoms with Crippen LogP contribution in [0.2, 0.25) is 0 Å². The summed E-state index contributed by atoms with van der Waals surface area (Å²) in [5.41, 5.74) is 0.680. The number of nitrogens with one attached hydrogen (secondary N) is 1. The zero-order valence-corrected chi connectivity index (χ0v) is 16.9. The van der Waals surface area contributed by atoms with Gasteiger partial charge in [-0.25, -0.2) is 4.40 Å². The van der Waals surface area contributed by atoms with Crippen molar-refractivity contribution in [3.63, 3.8) is 0 Å². The first-order valence-electron chi connectivity index (χ1n) is 8.54. The van der Waals surface area contributed by atoms with E-state index in [9.17, 15) is 18.0 Å². The number of amides is 1. The molecule has 0 aliphatic heterocycles. The van der Waals surface area contributed by atoms with Crippen LogP contribution in [0.3, 0.4) is 0 Å². The predicted octanol–water partition coefficient (Wildman–Crippen LogP) is 4.46. The summed E-state index contributed by atoms with van der Waals surface area (Å²) in [5, 5.41) is 6.38. The minimum Gasteiger partial charge on any atom is -0.391 e. The van der Waals surface area contributed by atoms with Crippen LogP contribution in [-0.2, 0) is 22.4 Å². The molecule has 0 aliphatic carbocycles. The SMILES string of the molecule is CNC(=O)C(=NSC)c1ccccc1CO/N=C(/C)c1ccccc1C(F)(F)F. The standard InChI is InChI=1S/C20H20F3N3O2S/c1-13(15-9-6-7-11-17(15)20(21,22)23)25-28-12-14-8-4-5-10-16(14)18(26-29-3)19(27)24-2/h4-11H,12H2,1-3H3,(H,24,27)/b25-13-,26-18?. The van der Waals surface area contributed by atoms with Crippen LogP contribution < -0.4 is 5.32 Å². The summed E-state index contributed by atoms with van der Waals surface area (Å²) in [6, 6.07) is 12.1. The number of rotatable bonds is 7. The molecule has 5 nitrogen and oxygen atoms in total. The molecule has 154 valence electrons. The van der Waals surface area contributed by atoms with E-state index in [1.807, 2.05) is 0 Å². The first-order valence-corrected chi connectivity index (χ1v) is 9.72. The van der Waals surface area contributed by atoms with Crippen LogP contribution in [-0.4, -0.2) is 30.6 Å². The molecule has 2 aromatic rings. The van der Waals surface area contributed by atoms with Gasteiger partial charge in [0, 0.05) is 30.0 Å². The van der Waals surface area contributed by atoms with Crippen molar-refractivity contribution in [2.24, 2.45) is 9.55 Å². The molecule has 0 aromatic heterocycles. The fraction of sp³-hybridized carbons (Fsp3) is 0.250. The van der Waals surface area contributed by atoms with Gasteiger partial charge >= 0.3 is 6.18 Å². The van der Waals surface area contributed by atoms with Crippen LogP contribution >= 0.6 is 11.9 Å². The van der Waals surface area contributed by atoms with E-state index >= 15 is 0 Å². The Balaban J connectivity index is 2.26. The highest BCUT2D eigenvalue weighted by Crippen LogP contribution is 2.32. The van der Waals surface area contributed by atoms with Gasteiger partial charge in [-0.15, -0.1) is 0 Å². The van der Waals surface area contributed by atoms with E-state index in [2.05, 4.69) is 14.9 Å². The molecule has 2 rings (SSSR count). The molecule has 0 bridgehead atoms. The Hall–Kier alpha value is -2.81.